The lowest BCUT2D eigenvalue weighted by molar-refractivity contribution is -0.138. The number of hydrogen-bond acceptors (Lipinski definition) is 3. The minimum atomic E-state index is -0.479. The van der Waals surface area contributed by atoms with Gasteiger partial charge in [-0.25, -0.2) is 4.39 Å². The number of hydrogen-bond donors (Lipinski definition) is 0. The largest absolute Gasteiger partial charge is 0.469 e. The van der Waals surface area contributed by atoms with Crippen LogP contribution in [0.25, 0.3) is 0 Å². The van der Waals surface area contributed by atoms with Gasteiger partial charge in [-0.2, -0.15) is 0 Å². The fourth-order valence-corrected chi connectivity index (χ4v) is 4.53. The van der Waals surface area contributed by atoms with Crippen molar-refractivity contribution in [3.8, 4) is 0 Å². The molecule has 4 rings (SSSR count). The quantitative estimate of drug-likeness (QED) is 0.811. The van der Waals surface area contributed by atoms with Gasteiger partial charge in [0.05, 0.1) is 11.8 Å². The number of piperidine rings is 2. The summed E-state index contributed by atoms with van der Waals surface area (Å²) in [6.07, 6.45) is 5.35. The smallest absolute Gasteiger partial charge is 0.256 e. The molecule has 0 N–H and O–H groups in total. The van der Waals surface area contributed by atoms with Gasteiger partial charge in [-0.15, -0.1) is 0 Å². The normalized spacial score (nSPS) is 22.0. The minimum Gasteiger partial charge on any atom is -0.469 e. The zero-order chi connectivity index (χ0) is 19.5. The van der Waals surface area contributed by atoms with Gasteiger partial charge in [0.2, 0.25) is 5.91 Å². The highest BCUT2D eigenvalue weighted by molar-refractivity contribution is 5.94. The van der Waals surface area contributed by atoms with E-state index in [2.05, 4.69) is 0 Å². The number of carbonyl (C=O) groups is 2. The summed E-state index contributed by atoms with van der Waals surface area (Å²) in [6, 6.07) is 10.0. The fourth-order valence-electron chi connectivity index (χ4n) is 4.53. The highest BCUT2D eigenvalue weighted by atomic mass is 19.1. The summed E-state index contributed by atoms with van der Waals surface area (Å²) in [6.45, 7) is 1.91. The van der Waals surface area contributed by atoms with Crippen LogP contribution in [0.5, 0.6) is 0 Å². The summed E-state index contributed by atoms with van der Waals surface area (Å²) >= 11 is 0. The number of amides is 2. The van der Waals surface area contributed by atoms with Gasteiger partial charge in [0.1, 0.15) is 11.6 Å². The second-order valence-corrected chi connectivity index (χ2v) is 7.66. The van der Waals surface area contributed by atoms with Crippen LogP contribution < -0.4 is 0 Å². The molecule has 0 aliphatic carbocycles. The molecule has 2 aromatic rings. The van der Waals surface area contributed by atoms with Gasteiger partial charge < -0.3 is 14.2 Å². The van der Waals surface area contributed by atoms with Crippen molar-refractivity contribution >= 4 is 11.8 Å². The molecule has 2 aliphatic rings. The van der Waals surface area contributed by atoms with Crippen LogP contribution in [0.4, 0.5) is 4.39 Å². The lowest BCUT2D eigenvalue weighted by Gasteiger charge is -2.47. The first-order valence-electron chi connectivity index (χ1n) is 9.99. The summed E-state index contributed by atoms with van der Waals surface area (Å²) in [7, 11) is 0. The van der Waals surface area contributed by atoms with E-state index in [0.717, 1.165) is 31.6 Å². The first kappa shape index (κ1) is 18.7. The summed E-state index contributed by atoms with van der Waals surface area (Å²) in [5.41, 5.74) is 0.128. The number of carbonyl (C=O) groups excluding carboxylic acids is 2. The summed E-state index contributed by atoms with van der Waals surface area (Å²) in [5, 5.41) is 0. The molecule has 0 bridgehead atoms. The summed E-state index contributed by atoms with van der Waals surface area (Å²) in [4.78, 5) is 29.3. The van der Waals surface area contributed by atoms with Crippen molar-refractivity contribution in [3.05, 3.63) is 59.8 Å². The fraction of sp³-hybridized carbons (Fsp3) is 0.455. The first-order chi connectivity index (χ1) is 13.6. The second-order valence-electron chi connectivity index (χ2n) is 7.66. The molecule has 2 amide bonds. The molecule has 148 valence electrons. The Morgan fingerprint density at radius 3 is 2.75 bits per heavy atom. The van der Waals surface area contributed by atoms with Crippen LogP contribution in [0.15, 0.2) is 47.1 Å². The van der Waals surface area contributed by atoms with Gasteiger partial charge in [-0.3, -0.25) is 9.59 Å². The van der Waals surface area contributed by atoms with Gasteiger partial charge in [0.15, 0.2) is 0 Å². The molecule has 1 aromatic heterocycles. The Hall–Kier alpha value is -2.63. The van der Waals surface area contributed by atoms with E-state index in [0.29, 0.717) is 25.9 Å². The van der Waals surface area contributed by atoms with Crippen molar-refractivity contribution in [1.82, 2.24) is 9.80 Å². The molecule has 28 heavy (non-hydrogen) atoms. The topological polar surface area (TPSA) is 53.8 Å². The van der Waals surface area contributed by atoms with Gasteiger partial charge >= 0.3 is 0 Å². The maximum atomic E-state index is 14.0. The Labute approximate surface area is 164 Å². The average molecular weight is 384 g/mol. The monoisotopic (exact) mass is 384 g/mol. The molecule has 0 spiro atoms. The van der Waals surface area contributed by atoms with Crippen LogP contribution in [-0.4, -0.2) is 47.3 Å². The highest BCUT2D eigenvalue weighted by Gasteiger charge is 2.39. The number of fused-ring (bicyclic) bond motifs is 1. The number of likely N-dealkylation sites (tertiary alicyclic amines) is 2. The SMILES string of the molecule is O=C(c1ccccc1F)N1CC[C@H]2[C@H](CCCN2C(=O)CCc2ccco2)C1. The number of aryl methyl sites for hydroxylation is 1. The van der Waals surface area contributed by atoms with Gasteiger partial charge in [-0.1, -0.05) is 12.1 Å². The predicted octanol–water partition coefficient (Wildman–Crippen LogP) is 3.50. The van der Waals surface area contributed by atoms with Crippen LogP contribution in [0.1, 0.15) is 41.8 Å². The Morgan fingerprint density at radius 2 is 1.96 bits per heavy atom. The van der Waals surface area contributed by atoms with Gasteiger partial charge in [0, 0.05) is 38.5 Å². The van der Waals surface area contributed by atoms with Crippen LogP contribution in [0.3, 0.4) is 0 Å². The van der Waals surface area contributed by atoms with E-state index in [1.807, 2.05) is 17.0 Å². The highest BCUT2D eigenvalue weighted by Crippen LogP contribution is 2.32. The Kier molecular flexibility index (Phi) is 5.46. The van der Waals surface area contributed by atoms with Crippen molar-refractivity contribution in [1.29, 1.82) is 0 Å². The van der Waals surface area contributed by atoms with Crippen LogP contribution >= 0.6 is 0 Å². The van der Waals surface area contributed by atoms with E-state index < -0.39 is 5.82 Å². The first-order valence-corrected chi connectivity index (χ1v) is 9.99. The lowest BCUT2D eigenvalue weighted by atomic mass is 9.83. The molecule has 0 saturated carbocycles. The number of rotatable bonds is 4. The molecule has 3 heterocycles. The maximum Gasteiger partial charge on any atom is 0.256 e. The standard InChI is InChI=1S/C22H25FN2O3/c23-19-8-2-1-7-18(19)22(27)24-13-11-20-16(15-24)5-3-12-25(20)21(26)10-9-17-6-4-14-28-17/h1-2,4,6-8,14,16,20H,3,5,9-13,15H2/t16-,20+/m1/s1. The third-order valence-electron chi connectivity index (χ3n) is 5.95. The van der Waals surface area contributed by atoms with Crippen LogP contribution in [0.2, 0.25) is 0 Å². The molecular weight excluding hydrogens is 359 g/mol. The number of furan rings is 1. The molecule has 0 radical (unpaired) electrons. The summed E-state index contributed by atoms with van der Waals surface area (Å²) < 4.78 is 19.3. The van der Waals surface area contributed by atoms with Crippen molar-refractivity contribution < 1.29 is 18.4 Å². The molecule has 5 nitrogen and oxygen atoms in total. The molecule has 2 saturated heterocycles. The minimum absolute atomic E-state index is 0.128. The molecule has 2 atom stereocenters. The Balaban J connectivity index is 1.39. The average Bonchev–Trinajstić information content (AvgIpc) is 3.24. The molecule has 0 unspecified atom stereocenters. The van der Waals surface area contributed by atoms with Crippen LogP contribution in [-0.2, 0) is 11.2 Å². The van der Waals surface area contributed by atoms with Crippen molar-refractivity contribution in [2.24, 2.45) is 5.92 Å². The third-order valence-corrected chi connectivity index (χ3v) is 5.95. The second kappa shape index (κ2) is 8.17. The summed E-state index contributed by atoms with van der Waals surface area (Å²) in [5.74, 6) is 0.504. The zero-order valence-corrected chi connectivity index (χ0v) is 15.9. The molecule has 2 aliphatic heterocycles. The zero-order valence-electron chi connectivity index (χ0n) is 15.9. The number of halogens is 1. The van der Waals surface area contributed by atoms with E-state index in [4.69, 9.17) is 4.42 Å². The van der Waals surface area contributed by atoms with Crippen LogP contribution in [0, 0.1) is 11.7 Å². The predicted molar refractivity (Wildman–Crippen MR) is 102 cm³/mol. The molecule has 2 fully saturated rings. The third kappa shape index (κ3) is 3.81. The van der Waals surface area contributed by atoms with E-state index >= 15 is 0 Å². The van der Waals surface area contributed by atoms with Crippen molar-refractivity contribution in [2.45, 2.75) is 38.1 Å². The van der Waals surface area contributed by atoms with Gasteiger partial charge in [0.25, 0.3) is 5.91 Å². The lowest BCUT2D eigenvalue weighted by Crippen LogP contribution is -2.56. The van der Waals surface area contributed by atoms with Crippen molar-refractivity contribution in [2.75, 3.05) is 19.6 Å². The number of nitrogens with zero attached hydrogens (tertiary/aromatic N) is 2. The van der Waals surface area contributed by atoms with Crippen molar-refractivity contribution in [3.63, 3.8) is 0 Å². The Morgan fingerprint density at radius 1 is 1.11 bits per heavy atom. The van der Waals surface area contributed by atoms with E-state index in [1.165, 1.54) is 12.1 Å². The Bertz CT molecular complexity index is 836. The number of benzene rings is 1. The maximum absolute atomic E-state index is 14.0. The molecular formula is C22H25FN2O3. The molecule has 1 aromatic carbocycles. The van der Waals surface area contributed by atoms with E-state index in [-0.39, 0.29) is 29.3 Å². The van der Waals surface area contributed by atoms with Gasteiger partial charge in [-0.05, 0) is 49.4 Å². The van der Waals surface area contributed by atoms with E-state index in [1.54, 1.807) is 23.3 Å². The van der Waals surface area contributed by atoms with E-state index in [9.17, 15) is 14.0 Å². The molecule has 6 heteroatoms.